The molecule has 0 saturated heterocycles. The number of amides is 1. The van der Waals surface area contributed by atoms with Crippen molar-refractivity contribution in [3.05, 3.63) is 74.8 Å². The number of benzene rings is 2. The molecule has 2 unspecified atom stereocenters. The normalized spacial score (nSPS) is 18.4. The van der Waals surface area contributed by atoms with Crippen LogP contribution in [0, 0.1) is 0 Å². The van der Waals surface area contributed by atoms with Gasteiger partial charge in [0, 0.05) is 27.1 Å². The first-order valence-electron chi connectivity index (χ1n) is 8.96. The number of carbonyl (C=O) groups is 1. The molecule has 4 rings (SSSR count). The van der Waals surface area contributed by atoms with E-state index in [1.54, 1.807) is 48.5 Å². The van der Waals surface area contributed by atoms with Crippen molar-refractivity contribution in [1.29, 1.82) is 0 Å². The molecule has 1 aromatic heterocycles. The number of nitrogens with one attached hydrogen (secondary N) is 2. The van der Waals surface area contributed by atoms with Crippen molar-refractivity contribution in [2.24, 2.45) is 0 Å². The minimum absolute atomic E-state index is 0.0916. The maximum absolute atomic E-state index is 13.8. The molecular formula is C20H15Br2F3N4O. The Morgan fingerprint density at radius 1 is 1.07 bits per heavy atom. The van der Waals surface area contributed by atoms with Gasteiger partial charge in [-0.15, -0.1) is 0 Å². The third-order valence-electron chi connectivity index (χ3n) is 4.80. The standard InChI is InChI=1S/C20H15Br2F3N4O/c21-12-3-1-11(2-4-12)15-9-17(20(23,24)25)29-18(27-15)10-16(28-29)19(30)26-14-7-5-13(22)6-8-14/h1-8,10,15,17,27H,9H2,(H,26,30). The van der Waals surface area contributed by atoms with E-state index >= 15 is 0 Å². The van der Waals surface area contributed by atoms with Gasteiger partial charge in [0.25, 0.3) is 5.91 Å². The van der Waals surface area contributed by atoms with Crippen molar-refractivity contribution in [3.8, 4) is 0 Å². The maximum Gasteiger partial charge on any atom is 0.410 e. The summed E-state index contributed by atoms with van der Waals surface area (Å²) >= 11 is 6.63. The SMILES string of the molecule is O=C(Nc1ccc(Br)cc1)c1cc2n(n1)C(C(F)(F)F)CC(c1ccc(Br)cc1)N2. The van der Waals surface area contributed by atoms with Gasteiger partial charge >= 0.3 is 6.18 Å². The van der Waals surface area contributed by atoms with E-state index in [0.29, 0.717) is 5.69 Å². The first-order chi connectivity index (χ1) is 14.2. The molecule has 3 aromatic rings. The largest absolute Gasteiger partial charge is 0.410 e. The van der Waals surface area contributed by atoms with Crippen molar-refractivity contribution in [3.63, 3.8) is 0 Å². The average Bonchev–Trinajstić information content (AvgIpc) is 3.13. The van der Waals surface area contributed by atoms with E-state index in [-0.39, 0.29) is 17.9 Å². The van der Waals surface area contributed by atoms with Crippen LogP contribution in [0.1, 0.15) is 34.6 Å². The molecule has 1 aliphatic rings. The summed E-state index contributed by atoms with van der Waals surface area (Å²) in [7, 11) is 0. The molecule has 2 heterocycles. The number of alkyl halides is 3. The van der Waals surface area contributed by atoms with Gasteiger partial charge in [-0.3, -0.25) is 4.79 Å². The first-order valence-corrected chi connectivity index (χ1v) is 10.5. The molecule has 0 spiro atoms. The van der Waals surface area contributed by atoms with Crippen LogP contribution >= 0.6 is 31.9 Å². The van der Waals surface area contributed by atoms with Crippen LogP contribution in [0.4, 0.5) is 24.7 Å². The minimum Gasteiger partial charge on any atom is -0.363 e. The number of aromatic nitrogens is 2. The lowest BCUT2D eigenvalue weighted by Crippen LogP contribution is -2.35. The smallest absolute Gasteiger partial charge is 0.363 e. The monoisotopic (exact) mass is 542 g/mol. The van der Waals surface area contributed by atoms with E-state index in [2.05, 4.69) is 47.6 Å². The van der Waals surface area contributed by atoms with Gasteiger partial charge in [0.2, 0.25) is 0 Å². The van der Waals surface area contributed by atoms with E-state index < -0.39 is 24.2 Å². The molecule has 0 aliphatic carbocycles. The number of carbonyl (C=O) groups excluding carboxylic acids is 1. The lowest BCUT2D eigenvalue weighted by Gasteiger charge is -2.33. The maximum atomic E-state index is 13.8. The number of hydrogen-bond donors (Lipinski definition) is 2. The number of fused-ring (bicyclic) bond motifs is 1. The molecule has 30 heavy (non-hydrogen) atoms. The Morgan fingerprint density at radius 2 is 1.67 bits per heavy atom. The molecule has 2 N–H and O–H groups in total. The second-order valence-corrected chi connectivity index (χ2v) is 8.69. The zero-order valence-electron chi connectivity index (χ0n) is 15.3. The summed E-state index contributed by atoms with van der Waals surface area (Å²) in [4.78, 5) is 12.5. The summed E-state index contributed by atoms with van der Waals surface area (Å²) in [6, 6.07) is 12.9. The van der Waals surface area contributed by atoms with Gasteiger partial charge in [0.1, 0.15) is 5.82 Å². The number of hydrogen-bond acceptors (Lipinski definition) is 3. The van der Waals surface area contributed by atoms with E-state index in [0.717, 1.165) is 19.2 Å². The summed E-state index contributed by atoms with van der Waals surface area (Å²) in [5.74, 6) is -0.431. The Bertz CT molecular complexity index is 1070. The van der Waals surface area contributed by atoms with Gasteiger partial charge in [-0.05, 0) is 42.0 Å². The number of halogens is 5. The van der Waals surface area contributed by atoms with Crippen molar-refractivity contribution in [2.45, 2.75) is 24.7 Å². The molecule has 2 aromatic carbocycles. The minimum atomic E-state index is -4.50. The molecule has 0 saturated carbocycles. The molecule has 10 heteroatoms. The molecular weight excluding hydrogens is 529 g/mol. The van der Waals surface area contributed by atoms with Crippen LogP contribution in [0.15, 0.2) is 63.5 Å². The highest BCUT2D eigenvalue weighted by atomic mass is 79.9. The highest BCUT2D eigenvalue weighted by Gasteiger charge is 2.46. The van der Waals surface area contributed by atoms with Crippen LogP contribution < -0.4 is 10.6 Å². The Hall–Kier alpha value is -2.33. The van der Waals surface area contributed by atoms with Crippen LogP contribution in [-0.4, -0.2) is 21.9 Å². The zero-order valence-corrected chi connectivity index (χ0v) is 18.4. The Kier molecular flexibility index (Phi) is 5.63. The van der Waals surface area contributed by atoms with Crippen LogP contribution in [0.2, 0.25) is 0 Å². The van der Waals surface area contributed by atoms with Crippen LogP contribution in [-0.2, 0) is 0 Å². The molecule has 5 nitrogen and oxygen atoms in total. The fraction of sp³-hybridized carbons (Fsp3) is 0.200. The van der Waals surface area contributed by atoms with Crippen molar-refractivity contribution < 1.29 is 18.0 Å². The summed E-state index contributed by atoms with van der Waals surface area (Å²) in [6.07, 6.45) is -4.73. The Morgan fingerprint density at radius 3 is 2.27 bits per heavy atom. The topological polar surface area (TPSA) is 59.0 Å². The molecule has 0 radical (unpaired) electrons. The number of anilines is 2. The van der Waals surface area contributed by atoms with Gasteiger partial charge in [0.05, 0.1) is 6.04 Å². The Balaban J connectivity index is 1.63. The predicted octanol–water partition coefficient (Wildman–Crippen LogP) is 6.32. The van der Waals surface area contributed by atoms with Crippen LogP contribution in [0.3, 0.4) is 0 Å². The molecule has 1 amide bonds. The van der Waals surface area contributed by atoms with Gasteiger partial charge < -0.3 is 10.6 Å². The number of nitrogens with zero attached hydrogens (tertiary/aromatic N) is 2. The highest BCUT2D eigenvalue weighted by molar-refractivity contribution is 9.10. The molecule has 0 fully saturated rings. The summed E-state index contributed by atoms with van der Waals surface area (Å²) in [5, 5.41) is 9.69. The lowest BCUT2D eigenvalue weighted by molar-refractivity contribution is -0.173. The van der Waals surface area contributed by atoms with Crippen molar-refractivity contribution >= 4 is 49.3 Å². The lowest BCUT2D eigenvalue weighted by atomic mass is 9.97. The van der Waals surface area contributed by atoms with E-state index in [9.17, 15) is 18.0 Å². The van der Waals surface area contributed by atoms with Crippen molar-refractivity contribution in [2.75, 3.05) is 10.6 Å². The number of rotatable bonds is 3. The van der Waals surface area contributed by atoms with Crippen LogP contribution in [0.5, 0.6) is 0 Å². The second-order valence-electron chi connectivity index (χ2n) is 6.86. The van der Waals surface area contributed by atoms with E-state index in [1.165, 1.54) is 6.07 Å². The summed E-state index contributed by atoms with van der Waals surface area (Å²) in [5.41, 5.74) is 1.15. The van der Waals surface area contributed by atoms with Gasteiger partial charge in [-0.1, -0.05) is 44.0 Å². The first kappa shape index (κ1) is 20.9. The van der Waals surface area contributed by atoms with E-state index in [1.807, 2.05) is 0 Å². The fourth-order valence-corrected chi connectivity index (χ4v) is 3.86. The van der Waals surface area contributed by atoms with Gasteiger partial charge in [-0.25, -0.2) is 4.68 Å². The van der Waals surface area contributed by atoms with Gasteiger partial charge in [-0.2, -0.15) is 18.3 Å². The zero-order chi connectivity index (χ0) is 21.5. The molecule has 0 bridgehead atoms. The molecule has 156 valence electrons. The van der Waals surface area contributed by atoms with Crippen molar-refractivity contribution in [1.82, 2.24) is 9.78 Å². The second kappa shape index (κ2) is 8.07. The third kappa shape index (κ3) is 4.39. The molecule has 1 aliphatic heterocycles. The third-order valence-corrected chi connectivity index (χ3v) is 5.85. The van der Waals surface area contributed by atoms with Gasteiger partial charge in [0.15, 0.2) is 11.7 Å². The quantitative estimate of drug-likeness (QED) is 0.406. The highest BCUT2D eigenvalue weighted by Crippen LogP contribution is 2.43. The summed E-state index contributed by atoms with van der Waals surface area (Å²) < 4.78 is 43.8. The average molecular weight is 544 g/mol. The molecule has 2 atom stereocenters. The van der Waals surface area contributed by atoms with E-state index in [4.69, 9.17) is 0 Å². The van der Waals surface area contributed by atoms with Crippen LogP contribution in [0.25, 0.3) is 0 Å². The predicted molar refractivity (Wildman–Crippen MR) is 115 cm³/mol. The fourth-order valence-electron chi connectivity index (χ4n) is 3.33. The summed E-state index contributed by atoms with van der Waals surface area (Å²) in [6.45, 7) is 0. The Labute approximate surface area is 186 Å².